The molecule has 1 aliphatic carbocycles. The number of aromatic amines is 1. The normalized spacial score (nSPS) is 25.2. The van der Waals surface area contributed by atoms with Gasteiger partial charge in [-0.25, -0.2) is 18.1 Å². The quantitative estimate of drug-likeness (QED) is 0.877. The summed E-state index contributed by atoms with van der Waals surface area (Å²) in [4.78, 5) is 6.87. The maximum Gasteiger partial charge on any atom is 0.257 e. The molecule has 1 saturated carbocycles. The fraction of sp³-hybridized carbons (Fsp3) is 0.750. The van der Waals surface area contributed by atoms with Crippen molar-refractivity contribution in [2.45, 2.75) is 57.0 Å². The highest BCUT2D eigenvalue weighted by atomic mass is 32.2. The zero-order valence-corrected chi connectivity index (χ0v) is 11.8. The Bertz CT molecular complexity index is 487. The van der Waals surface area contributed by atoms with Gasteiger partial charge in [0.05, 0.1) is 6.20 Å². The molecule has 0 unspecified atom stereocenters. The van der Waals surface area contributed by atoms with E-state index in [1.807, 2.05) is 6.92 Å². The smallest absolute Gasteiger partial charge is 0.257 e. The van der Waals surface area contributed by atoms with Crippen molar-refractivity contribution >= 4 is 10.0 Å². The van der Waals surface area contributed by atoms with E-state index in [1.165, 1.54) is 6.20 Å². The van der Waals surface area contributed by atoms with Crippen LogP contribution in [0.1, 0.15) is 45.4 Å². The first-order chi connectivity index (χ1) is 8.51. The van der Waals surface area contributed by atoms with Crippen LogP contribution in [-0.2, 0) is 16.4 Å². The molecule has 0 aliphatic heterocycles. The van der Waals surface area contributed by atoms with Crippen molar-refractivity contribution in [3.05, 3.63) is 12.0 Å². The zero-order chi connectivity index (χ0) is 13.2. The summed E-state index contributed by atoms with van der Waals surface area (Å²) in [6.07, 6.45) is 6.14. The number of imidazole rings is 1. The summed E-state index contributed by atoms with van der Waals surface area (Å²) in [5.41, 5.74) is 0. The molecule has 1 aliphatic rings. The van der Waals surface area contributed by atoms with E-state index in [4.69, 9.17) is 0 Å². The summed E-state index contributed by atoms with van der Waals surface area (Å²) >= 11 is 0. The third kappa shape index (κ3) is 3.11. The van der Waals surface area contributed by atoms with Gasteiger partial charge in [-0.15, -0.1) is 0 Å². The molecule has 0 atom stereocenters. The largest absolute Gasteiger partial charge is 0.332 e. The summed E-state index contributed by atoms with van der Waals surface area (Å²) in [5, 5.41) is 0.179. The Morgan fingerprint density at radius 1 is 1.39 bits per heavy atom. The number of H-pyrrole nitrogens is 1. The second kappa shape index (κ2) is 5.40. The van der Waals surface area contributed by atoms with E-state index in [-0.39, 0.29) is 11.1 Å². The lowest BCUT2D eigenvalue weighted by Gasteiger charge is -2.26. The molecule has 0 amide bonds. The monoisotopic (exact) mass is 271 g/mol. The lowest BCUT2D eigenvalue weighted by molar-refractivity contribution is 0.332. The van der Waals surface area contributed by atoms with Gasteiger partial charge in [-0.3, -0.25) is 0 Å². The number of hydrogen-bond acceptors (Lipinski definition) is 3. The van der Waals surface area contributed by atoms with Crippen LogP contribution >= 0.6 is 0 Å². The van der Waals surface area contributed by atoms with E-state index in [0.717, 1.165) is 25.7 Å². The highest BCUT2D eigenvalue weighted by Gasteiger charge is 2.25. The molecule has 1 fully saturated rings. The minimum atomic E-state index is -3.43. The van der Waals surface area contributed by atoms with Crippen LogP contribution in [0.5, 0.6) is 0 Å². The van der Waals surface area contributed by atoms with E-state index in [0.29, 0.717) is 18.2 Å². The van der Waals surface area contributed by atoms with Crippen LogP contribution in [-0.4, -0.2) is 24.4 Å². The number of nitrogens with one attached hydrogen (secondary N) is 2. The number of nitrogens with zero attached hydrogens (tertiary/aromatic N) is 1. The molecule has 0 bridgehead atoms. The molecule has 0 spiro atoms. The molecular formula is C12H21N3O2S. The van der Waals surface area contributed by atoms with Crippen molar-refractivity contribution in [1.29, 1.82) is 0 Å². The van der Waals surface area contributed by atoms with Crippen LogP contribution in [0.25, 0.3) is 0 Å². The Kier molecular flexibility index (Phi) is 4.07. The number of aryl methyl sites for hydroxylation is 1. The van der Waals surface area contributed by atoms with Gasteiger partial charge in [0.25, 0.3) is 10.0 Å². The van der Waals surface area contributed by atoms with Gasteiger partial charge in [0.2, 0.25) is 0 Å². The van der Waals surface area contributed by atoms with Crippen LogP contribution < -0.4 is 4.72 Å². The highest BCUT2D eigenvalue weighted by Crippen LogP contribution is 2.24. The fourth-order valence-electron chi connectivity index (χ4n) is 2.32. The van der Waals surface area contributed by atoms with E-state index in [1.54, 1.807) is 0 Å². The lowest BCUT2D eigenvalue weighted by atomic mass is 9.88. The molecule has 0 radical (unpaired) electrons. The van der Waals surface area contributed by atoms with Gasteiger partial charge in [0.1, 0.15) is 5.82 Å². The number of rotatable bonds is 4. The maximum absolute atomic E-state index is 12.1. The zero-order valence-electron chi connectivity index (χ0n) is 10.9. The van der Waals surface area contributed by atoms with Crippen LogP contribution in [0.2, 0.25) is 0 Å². The van der Waals surface area contributed by atoms with Gasteiger partial charge in [-0.05, 0) is 31.6 Å². The van der Waals surface area contributed by atoms with E-state index in [2.05, 4.69) is 21.6 Å². The molecule has 0 aromatic carbocycles. The van der Waals surface area contributed by atoms with Crippen LogP contribution in [0.4, 0.5) is 0 Å². The van der Waals surface area contributed by atoms with Crippen LogP contribution in [0.15, 0.2) is 11.2 Å². The molecule has 6 heteroatoms. The van der Waals surface area contributed by atoms with Crippen molar-refractivity contribution in [2.24, 2.45) is 5.92 Å². The topological polar surface area (TPSA) is 74.8 Å². The Morgan fingerprint density at radius 3 is 2.61 bits per heavy atom. The summed E-state index contributed by atoms with van der Waals surface area (Å²) in [5.74, 6) is 1.41. The second-order valence-corrected chi connectivity index (χ2v) is 6.81. The van der Waals surface area contributed by atoms with E-state index >= 15 is 0 Å². The molecule has 1 heterocycles. The predicted molar refractivity (Wildman–Crippen MR) is 69.7 cm³/mol. The molecule has 2 N–H and O–H groups in total. The minimum absolute atomic E-state index is 0.0691. The van der Waals surface area contributed by atoms with Gasteiger partial charge in [-0.1, -0.05) is 13.8 Å². The second-order valence-electron chi connectivity index (χ2n) is 5.13. The number of sulfonamides is 1. The summed E-state index contributed by atoms with van der Waals surface area (Å²) in [7, 11) is -3.43. The molecular weight excluding hydrogens is 250 g/mol. The average Bonchev–Trinajstić information content (AvgIpc) is 2.81. The van der Waals surface area contributed by atoms with E-state index < -0.39 is 10.0 Å². The summed E-state index contributed by atoms with van der Waals surface area (Å²) in [6.45, 7) is 4.15. The van der Waals surface area contributed by atoms with Crippen LogP contribution in [0, 0.1) is 5.92 Å². The minimum Gasteiger partial charge on any atom is -0.332 e. The molecule has 18 heavy (non-hydrogen) atoms. The first kappa shape index (κ1) is 13.5. The van der Waals surface area contributed by atoms with Crippen LogP contribution in [0.3, 0.4) is 0 Å². The van der Waals surface area contributed by atoms with Crippen molar-refractivity contribution in [2.75, 3.05) is 0 Å². The van der Waals surface area contributed by atoms with Gasteiger partial charge in [0, 0.05) is 12.5 Å². The number of hydrogen-bond donors (Lipinski definition) is 2. The van der Waals surface area contributed by atoms with E-state index in [9.17, 15) is 8.42 Å². The molecule has 1 aromatic rings. The molecule has 2 rings (SSSR count). The Labute approximate surface area is 108 Å². The molecule has 102 valence electrons. The highest BCUT2D eigenvalue weighted by molar-refractivity contribution is 7.89. The SMILES string of the molecule is CCc1ncc(S(=O)(=O)NC2CCC(C)CC2)[nH]1. The molecule has 0 saturated heterocycles. The molecule has 1 aromatic heterocycles. The van der Waals surface area contributed by atoms with Gasteiger partial charge < -0.3 is 4.98 Å². The number of aromatic nitrogens is 2. The predicted octanol–water partition coefficient (Wildman–Crippen LogP) is 1.83. The van der Waals surface area contributed by atoms with Gasteiger partial charge >= 0.3 is 0 Å². The summed E-state index contributed by atoms with van der Waals surface area (Å²) < 4.78 is 27.0. The summed E-state index contributed by atoms with van der Waals surface area (Å²) in [6, 6.07) is 0.0691. The fourth-order valence-corrected chi connectivity index (χ4v) is 3.57. The Morgan fingerprint density at radius 2 is 2.06 bits per heavy atom. The first-order valence-electron chi connectivity index (χ1n) is 6.57. The average molecular weight is 271 g/mol. The van der Waals surface area contributed by atoms with Crippen molar-refractivity contribution in [1.82, 2.24) is 14.7 Å². The van der Waals surface area contributed by atoms with Gasteiger partial charge in [0.15, 0.2) is 5.03 Å². The lowest BCUT2D eigenvalue weighted by Crippen LogP contribution is -2.37. The molecule has 5 nitrogen and oxygen atoms in total. The third-order valence-electron chi connectivity index (χ3n) is 3.57. The standard InChI is InChI=1S/C12H21N3O2S/c1-3-11-13-8-12(14-11)18(16,17)15-10-6-4-9(2)5-7-10/h8-10,15H,3-7H2,1-2H3,(H,13,14). The Hall–Kier alpha value is -0.880. The van der Waals surface area contributed by atoms with Crippen molar-refractivity contribution < 1.29 is 8.42 Å². The first-order valence-corrected chi connectivity index (χ1v) is 8.05. The van der Waals surface area contributed by atoms with Gasteiger partial charge in [-0.2, -0.15) is 0 Å². The Balaban J connectivity index is 2.03. The maximum atomic E-state index is 12.1. The van der Waals surface area contributed by atoms with Crippen molar-refractivity contribution in [3.63, 3.8) is 0 Å². The van der Waals surface area contributed by atoms with Crippen molar-refractivity contribution in [3.8, 4) is 0 Å². The third-order valence-corrected chi connectivity index (χ3v) is 5.00.